The lowest BCUT2D eigenvalue weighted by Gasteiger charge is -2.04. The SMILES string of the molecule is N#Cc1cnn(-c2cc(S(=O)(=O)O)ccc2S(=O)(=O)O)c1[N+]#N. The summed E-state index contributed by atoms with van der Waals surface area (Å²) < 4.78 is 64.1. The molecule has 2 aromatic rings. The van der Waals surface area contributed by atoms with Gasteiger partial charge >= 0.3 is 5.82 Å². The third kappa shape index (κ3) is 3.03. The molecule has 0 aliphatic heterocycles. The Morgan fingerprint density at radius 2 is 1.83 bits per heavy atom. The maximum Gasteiger partial charge on any atom is 0.469 e. The van der Waals surface area contributed by atoms with Gasteiger partial charge in [-0.1, -0.05) is 9.78 Å². The lowest BCUT2D eigenvalue weighted by molar-refractivity contribution is 0.478. The van der Waals surface area contributed by atoms with E-state index < -0.39 is 41.5 Å². The molecule has 0 aliphatic carbocycles. The van der Waals surface area contributed by atoms with E-state index in [4.69, 9.17) is 15.2 Å². The van der Waals surface area contributed by atoms with Crippen molar-refractivity contribution in [2.24, 2.45) is 0 Å². The van der Waals surface area contributed by atoms with Crippen LogP contribution in [0.2, 0.25) is 0 Å². The van der Waals surface area contributed by atoms with Gasteiger partial charge in [-0.3, -0.25) is 9.11 Å². The molecule has 0 spiro atoms. The summed E-state index contributed by atoms with van der Waals surface area (Å²) in [4.78, 5) is 1.31. The van der Waals surface area contributed by atoms with E-state index in [1.54, 1.807) is 6.07 Å². The highest BCUT2D eigenvalue weighted by molar-refractivity contribution is 7.86. The van der Waals surface area contributed by atoms with Gasteiger partial charge in [-0.15, -0.1) is 0 Å². The topological polar surface area (TPSA) is 178 Å². The molecule has 0 saturated carbocycles. The van der Waals surface area contributed by atoms with Crippen molar-refractivity contribution in [3.63, 3.8) is 0 Å². The molecule has 118 valence electrons. The average Bonchev–Trinajstić information content (AvgIpc) is 2.87. The van der Waals surface area contributed by atoms with Crippen LogP contribution in [0, 0.1) is 16.7 Å². The van der Waals surface area contributed by atoms with Gasteiger partial charge in [0.25, 0.3) is 20.2 Å². The zero-order valence-corrected chi connectivity index (χ0v) is 12.5. The molecule has 1 heterocycles. The van der Waals surface area contributed by atoms with E-state index in [0.29, 0.717) is 16.8 Å². The molecular formula is C10H6N5O6S2+. The standard InChI is InChI=1S/C10H5N5O6S2/c11-4-6-5-13-15(10(6)14-12)8-3-7(22(16,17)18)1-2-9(8)23(19,20)21/h1-3,5H,(H-,16,17,18,19,20,21)/p+1. The minimum Gasteiger partial charge on any atom is -0.282 e. The minimum absolute atomic E-state index is 0.244. The summed E-state index contributed by atoms with van der Waals surface area (Å²) in [5.41, 5.74) is -0.789. The van der Waals surface area contributed by atoms with Gasteiger partial charge in [0.2, 0.25) is 0 Å². The van der Waals surface area contributed by atoms with Crippen molar-refractivity contribution in [1.82, 2.24) is 9.78 Å². The van der Waals surface area contributed by atoms with Gasteiger partial charge in [0.05, 0.1) is 16.5 Å². The number of aromatic nitrogens is 2. The van der Waals surface area contributed by atoms with Crippen LogP contribution in [0.3, 0.4) is 0 Å². The molecular weight excluding hydrogens is 350 g/mol. The van der Waals surface area contributed by atoms with Crippen LogP contribution < -0.4 is 0 Å². The van der Waals surface area contributed by atoms with E-state index in [1.807, 2.05) is 0 Å². The van der Waals surface area contributed by atoms with E-state index in [2.05, 4.69) is 10.1 Å². The fraction of sp³-hybridized carbons (Fsp3) is 0. The molecule has 0 bridgehead atoms. The fourth-order valence-electron chi connectivity index (χ4n) is 1.73. The number of hydrogen-bond acceptors (Lipinski definition) is 7. The van der Waals surface area contributed by atoms with Gasteiger partial charge in [-0.05, 0) is 12.1 Å². The van der Waals surface area contributed by atoms with Crippen molar-refractivity contribution in [1.29, 1.82) is 10.7 Å². The highest BCUT2D eigenvalue weighted by Crippen LogP contribution is 2.29. The van der Waals surface area contributed by atoms with Gasteiger partial charge in [-0.25, -0.2) is 0 Å². The Balaban J connectivity index is 2.93. The molecule has 0 fully saturated rings. The van der Waals surface area contributed by atoms with Crippen molar-refractivity contribution in [3.05, 3.63) is 34.9 Å². The van der Waals surface area contributed by atoms with Crippen molar-refractivity contribution < 1.29 is 25.9 Å². The van der Waals surface area contributed by atoms with Crippen LogP contribution >= 0.6 is 0 Å². The van der Waals surface area contributed by atoms with Crippen LogP contribution in [0.15, 0.2) is 34.2 Å². The molecule has 11 nitrogen and oxygen atoms in total. The highest BCUT2D eigenvalue weighted by atomic mass is 32.2. The highest BCUT2D eigenvalue weighted by Gasteiger charge is 2.30. The fourth-order valence-corrected chi connectivity index (χ4v) is 2.88. The van der Waals surface area contributed by atoms with E-state index >= 15 is 0 Å². The molecule has 2 rings (SSSR count). The second kappa shape index (κ2) is 5.41. The maximum atomic E-state index is 11.4. The lowest BCUT2D eigenvalue weighted by atomic mass is 10.3. The summed E-state index contributed by atoms with van der Waals surface area (Å²) in [6, 6.07) is 3.76. The van der Waals surface area contributed by atoms with Crippen LogP contribution in [0.5, 0.6) is 0 Å². The molecule has 0 radical (unpaired) electrons. The monoisotopic (exact) mass is 356 g/mol. The van der Waals surface area contributed by atoms with Crippen LogP contribution in [0.1, 0.15) is 5.56 Å². The summed E-state index contributed by atoms with van der Waals surface area (Å²) in [5, 5.41) is 21.4. The first-order valence-electron chi connectivity index (χ1n) is 5.52. The number of nitriles is 1. The van der Waals surface area contributed by atoms with Gasteiger partial charge in [0.15, 0.2) is 11.3 Å². The van der Waals surface area contributed by atoms with Crippen molar-refractivity contribution in [2.75, 3.05) is 0 Å². The van der Waals surface area contributed by atoms with Gasteiger partial charge in [0, 0.05) is 11.0 Å². The van der Waals surface area contributed by atoms with E-state index in [9.17, 15) is 21.4 Å². The Kier molecular flexibility index (Phi) is 3.89. The number of nitrogens with zero attached hydrogens (tertiary/aromatic N) is 5. The smallest absolute Gasteiger partial charge is 0.282 e. The Bertz CT molecular complexity index is 1090. The van der Waals surface area contributed by atoms with Crippen LogP contribution in [-0.2, 0) is 20.2 Å². The first-order chi connectivity index (χ1) is 10.6. The second-order valence-electron chi connectivity index (χ2n) is 4.09. The summed E-state index contributed by atoms with van der Waals surface area (Å²) in [7, 11) is -9.50. The normalized spacial score (nSPS) is 11.7. The Morgan fingerprint density at radius 3 is 2.30 bits per heavy atom. The first-order valence-corrected chi connectivity index (χ1v) is 8.40. The van der Waals surface area contributed by atoms with E-state index in [-0.39, 0.29) is 5.56 Å². The molecule has 1 aromatic carbocycles. The van der Waals surface area contributed by atoms with Crippen molar-refractivity contribution >= 4 is 26.1 Å². The molecule has 0 amide bonds. The van der Waals surface area contributed by atoms with Gasteiger partial charge < -0.3 is 0 Å². The Labute approximate surface area is 129 Å². The molecule has 0 saturated heterocycles. The van der Waals surface area contributed by atoms with E-state index in [0.717, 1.165) is 12.3 Å². The molecule has 1 aromatic heterocycles. The summed E-state index contributed by atoms with van der Waals surface area (Å²) in [6.45, 7) is 0. The van der Waals surface area contributed by atoms with Crippen LogP contribution in [0.25, 0.3) is 10.7 Å². The zero-order valence-electron chi connectivity index (χ0n) is 10.9. The Hall–Kier alpha value is -2.84. The molecule has 0 atom stereocenters. The Morgan fingerprint density at radius 1 is 1.17 bits per heavy atom. The van der Waals surface area contributed by atoms with Gasteiger partial charge in [0.1, 0.15) is 11.0 Å². The second-order valence-corrected chi connectivity index (χ2v) is 6.90. The van der Waals surface area contributed by atoms with Crippen molar-refractivity contribution in [3.8, 4) is 11.8 Å². The zero-order chi connectivity index (χ0) is 17.4. The molecule has 13 heteroatoms. The number of benzene rings is 1. The lowest BCUT2D eigenvalue weighted by Crippen LogP contribution is -2.09. The quantitative estimate of drug-likeness (QED) is 0.592. The maximum absolute atomic E-state index is 11.4. The summed E-state index contributed by atoms with van der Waals surface area (Å²) >= 11 is 0. The van der Waals surface area contributed by atoms with E-state index in [1.165, 1.54) is 0 Å². The van der Waals surface area contributed by atoms with Crippen LogP contribution in [0.4, 0.5) is 5.82 Å². The predicted molar refractivity (Wildman–Crippen MR) is 72.7 cm³/mol. The largest absolute Gasteiger partial charge is 0.469 e. The third-order valence-corrected chi connectivity index (χ3v) is 4.44. The molecule has 0 aliphatic rings. The number of diazo groups is 1. The number of hydrogen-bond donors (Lipinski definition) is 2. The average molecular weight is 356 g/mol. The first kappa shape index (κ1) is 16.5. The van der Waals surface area contributed by atoms with Gasteiger partial charge in [-0.2, -0.15) is 22.1 Å². The summed E-state index contributed by atoms with van der Waals surface area (Å²) in [5.74, 6) is -0.495. The molecule has 2 N–H and O–H groups in total. The van der Waals surface area contributed by atoms with Crippen molar-refractivity contribution in [2.45, 2.75) is 9.79 Å². The van der Waals surface area contributed by atoms with Crippen LogP contribution in [-0.4, -0.2) is 35.7 Å². The molecule has 0 unspecified atom stereocenters. The minimum atomic E-state index is -4.81. The predicted octanol–water partition coefficient (Wildman–Crippen LogP) is 0.722. The number of rotatable bonds is 3. The molecule has 23 heavy (non-hydrogen) atoms. The summed E-state index contributed by atoms with van der Waals surface area (Å²) in [6.07, 6.45) is 0.933. The third-order valence-electron chi connectivity index (χ3n) is 2.69.